The predicted molar refractivity (Wildman–Crippen MR) is 150 cm³/mol. The fourth-order valence-electron chi connectivity index (χ4n) is 6.82. The molecule has 5 heterocycles. The molecule has 3 aliphatic heterocycles. The van der Waals surface area contributed by atoms with Gasteiger partial charge in [-0.3, -0.25) is 4.90 Å². The summed E-state index contributed by atoms with van der Waals surface area (Å²) in [5.41, 5.74) is 1.67. The molecular formula is C30H31FN6O4. The molecule has 0 amide bonds. The Balaban J connectivity index is 1.31. The molecule has 0 bridgehead atoms. The number of hydrogen-bond acceptors (Lipinski definition) is 9. The van der Waals surface area contributed by atoms with E-state index in [0.717, 1.165) is 38.8 Å². The van der Waals surface area contributed by atoms with E-state index in [9.17, 15) is 19.7 Å². The first kappa shape index (κ1) is 26.0. The minimum Gasteiger partial charge on any atom is -0.508 e. The maximum Gasteiger partial charge on any atom is 0.247 e. The van der Waals surface area contributed by atoms with Crippen LogP contribution >= 0.6 is 0 Å². The number of anilines is 1. The van der Waals surface area contributed by atoms with Gasteiger partial charge in [-0.1, -0.05) is 12.0 Å². The number of β-amino-alcohol motifs (C(OH)–C–C–N with tert-alkyl or cyclic N) is 2. The van der Waals surface area contributed by atoms with Gasteiger partial charge in [-0.15, -0.1) is 6.42 Å². The largest absolute Gasteiger partial charge is 0.508 e. The first-order chi connectivity index (χ1) is 19.8. The average Bonchev–Trinajstić information content (AvgIpc) is 3.72. The van der Waals surface area contributed by atoms with Crippen LogP contribution in [0.4, 0.5) is 10.3 Å². The van der Waals surface area contributed by atoms with Crippen LogP contribution < -0.4 is 9.64 Å². The average molecular weight is 559 g/mol. The molecule has 4 aromatic rings. The number of rotatable bonds is 6. The summed E-state index contributed by atoms with van der Waals surface area (Å²) >= 11 is 0. The van der Waals surface area contributed by atoms with E-state index in [2.05, 4.69) is 15.8 Å². The number of phenols is 1. The van der Waals surface area contributed by atoms with Gasteiger partial charge in [0.15, 0.2) is 11.2 Å². The van der Waals surface area contributed by atoms with Gasteiger partial charge in [-0.2, -0.15) is 9.97 Å². The van der Waals surface area contributed by atoms with Gasteiger partial charge in [0.25, 0.3) is 0 Å². The normalized spacial score (nSPS) is 22.0. The number of aromatic nitrogens is 4. The van der Waals surface area contributed by atoms with Crippen LogP contribution in [0.3, 0.4) is 0 Å². The molecule has 11 heteroatoms. The molecule has 3 N–H and O–H groups in total. The molecule has 2 atom stereocenters. The smallest absolute Gasteiger partial charge is 0.247 e. The number of aliphatic hydroxyl groups excluding tert-OH is 2. The van der Waals surface area contributed by atoms with E-state index in [0.29, 0.717) is 45.9 Å². The summed E-state index contributed by atoms with van der Waals surface area (Å²) in [6, 6.07) is 6.00. The number of ether oxygens (including phenoxy) is 1. The van der Waals surface area contributed by atoms with Crippen molar-refractivity contribution < 1.29 is 24.4 Å². The van der Waals surface area contributed by atoms with Crippen molar-refractivity contribution in [3.8, 4) is 24.0 Å². The molecule has 3 saturated heterocycles. The maximum absolute atomic E-state index is 14.7. The van der Waals surface area contributed by atoms with Gasteiger partial charge in [0.1, 0.15) is 18.2 Å². The van der Waals surface area contributed by atoms with Crippen LogP contribution in [-0.4, -0.2) is 90.3 Å². The Hall–Kier alpha value is -3.98. The van der Waals surface area contributed by atoms with Crippen LogP contribution in [0.15, 0.2) is 30.6 Å². The number of aromatic hydroxyl groups is 1. The number of terminal acetylenes is 1. The zero-order valence-corrected chi connectivity index (χ0v) is 22.5. The molecule has 2 unspecified atom stereocenters. The second-order valence-electron chi connectivity index (χ2n) is 11.4. The SMILES string of the molecule is C#Cc1c(F)ccc2cc(O)cc(Cn3cnc4c(OCC56CCCN5CCC6)nc(N5CC(O)C(O)C5)nc43)c12. The quantitative estimate of drug-likeness (QED) is 0.307. The molecule has 7 rings (SSSR count). The lowest BCUT2D eigenvalue weighted by molar-refractivity contribution is 0.0572. The zero-order chi connectivity index (χ0) is 28.3. The van der Waals surface area contributed by atoms with E-state index in [4.69, 9.17) is 21.1 Å². The van der Waals surface area contributed by atoms with Gasteiger partial charge in [0.2, 0.25) is 11.8 Å². The molecule has 0 spiro atoms. The highest BCUT2D eigenvalue weighted by molar-refractivity contribution is 5.92. The van der Waals surface area contributed by atoms with E-state index in [1.165, 1.54) is 6.07 Å². The van der Waals surface area contributed by atoms with Crippen molar-refractivity contribution >= 4 is 27.9 Å². The fraction of sp³-hybridized carbons (Fsp3) is 0.433. The van der Waals surface area contributed by atoms with Gasteiger partial charge in [0, 0.05) is 18.5 Å². The highest BCUT2D eigenvalue weighted by Crippen LogP contribution is 2.40. The maximum atomic E-state index is 14.7. The third-order valence-corrected chi connectivity index (χ3v) is 8.87. The molecule has 2 aromatic heterocycles. The number of halogens is 1. The van der Waals surface area contributed by atoms with Gasteiger partial charge < -0.3 is 29.5 Å². The Morgan fingerprint density at radius 2 is 1.85 bits per heavy atom. The highest BCUT2D eigenvalue weighted by atomic mass is 19.1. The molecule has 0 aliphatic carbocycles. The third-order valence-electron chi connectivity index (χ3n) is 8.87. The molecule has 0 radical (unpaired) electrons. The molecule has 10 nitrogen and oxygen atoms in total. The van der Waals surface area contributed by atoms with E-state index in [1.54, 1.807) is 34.0 Å². The van der Waals surface area contributed by atoms with Crippen LogP contribution in [0, 0.1) is 18.2 Å². The number of benzene rings is 2. The van der Waals surface area contributed by atoms with Crippen molar-refractivity contribution in [2.45, 2.75) is 50.0 Å². The molecule has 3 fully saturated rings. The number of aliphatic hydroxyl groups is 2. The second kappa shape index (κ2) is 9.83. The Bertz CT molecular complexity index is 1680. The fourth-order valence-corrected chi connectivity index (χ4v) is 6.82. The molecule has 3 aliphatic rings. The summed E-state index contributed by atoms with van der Waals surface area (Å²) in [7, 11) is 0. The lowest BCUT2D eigenvalue weighted by Gasteiger charge is -2.31. The third kappa shape index (κ3) is 4.34. The minimum absolute atomic E-state index is 0.00376. The van der Waals surface area contributed by atoms with Crippen molar-refractivity contribution in [1.29, 1.82) is 0 Å². The van der Waals surface area contributed by atoms with Crippen LogP contribution in [0.1, 0.15) is 36.8 Å². The second-order valence-corrected chi connectivity index (χ2v) is 11.4. The van der Waals surface area contributed by atoms with Crippen molar-refractivity contribution in [1.82, 2.24) is 24.4 Å². The van der Waals surface area contributed by atoms with Gasteiger partial charge in [0.05, 0.1) is 36.2 Å². The summed E-state index contributed by atoms with van der Waals surface area (Å²) in [6.07, 6.45) is 9.91. The van der Waals surface area contributed by atoms with E-state index in [-0.39, 0.29) is 36.5 Å². The summed E-state index contributed by atoms with van der Waals surface area (Å²) in [6.45, 7) is 3.19. The van der Waals surface area contributed by atoms with E-state index >= 15 is 0 Å². The van der Waals surface area contributed by atoms with Crippen LogP contribution in [0.25, 0.3) is 21.9 Å². The predicted octanol–water partition coefficient (Wildman–Crippen LogP) is 2.40. The Labute approximate surface area is 236 Å². The number of phenolic OH excluding ortho intramolecular Hbond substituents is 1. The monoisotopic (exact) mass is 558 g/mol. The topological polar surface area (TPSA) is 120 Å². The molecule has 0 saturated carbocycles. The van der Waals surface area contributed by atoms with Crippen molar-refractivity contribution in [2.24, 2.45) is 0 Å². The summed E-state index contributed by atoms with van der Waals surface area (Å²) in [5, 5.41) is 32.0. The molecule has 2 aromatic carbocycles. The van der Waals surface area contributed by atoms with Crippen molar-refractivity contribution in [3.05, 3.63) is 47.5 Å². The summed E-state index contributed by atoms with van der Waals surface area (Å²) < 4.78 is 22.9. The van der Waals surface area contributed by atoms with Crippen LogP contribution in [-0.2, 0) is 6.54 Å². The summed E-state index contributed by atoms with van der Waals surface area (Å²) in [4.78, 5) is 18.3. The Morgan fingerprint density at radius 3 is 2.59 bits per heavy atom. The first-order valence-corrected chi connectivity index (χ1v) is 14.0. The minimum atomic E-state index is -0.913. The number of imidazole rings is 1. The van der Waals surface area contributed by atoms with E-state index in [1.807, 2.05) is 0 Å². The number of hydrogen-bond donors (Lipinski definition) is 3. The lowest BCUT2D eigenvalue weighted by Crippen LogP contribution is -2.43. The van der Waals surface area contributed by atoms with Gasteiger partial charge in [-0.25, -0.2) is 9.37 Å². The van der Waals surface area contributed by atoms with Crippen LogP contribution in [0.2, 0.25) is 0 Å². The Kier molecular flexibility index (Phi) is 6.23. The van der Waals surface area contributed by atoms with Gasteiger partial charge in [-0.05, 0) is 67.9 Å². The lowest BCUT2D eigenvalue weighted by atomic mass is 9.95. The standard InChI is InChI=1S/C30H31FN6O4/c1-2-21-22(31)6-5-18-11-20(38)12-19(25(18)21)13-36-17-32-26-27(36)33-29(35-14-23(39)24(40)15-35)34-28(26)41-16-30-7-3-9-37(30)10-4-8-30/h1,5-6,11-12,17,23-24,38-40H,3-4,7-10,13-16H2. The number of nitrogens with zero attached hydrogens (tertiary/aromatic N) is 6. The Morgan fingerprint density at radius 1 is 1.10 bits per heavy atom. The van der Waals surface area contributed by atoms with Crippen molar-refractivity contribution in [2.75, 3.05) is 37.7 Å². The van der Waals surface area contributed by atoms with Crippen molar-refractivity contribution in [3.63, 3.8) is 0 Å². The number of fused-ring (bicyclic) bond motifs is 3. The first-order valence-electron chi connectivity index (χ1n) is 14.0. The van der Waals surface area contributed by atoms with Crippen LogP contribution in [0.5, 0.6) is 11.6 Å². The summed E-state index contributed by atoms with van der Waals surface area (Å²) in [5.74, 6) is 2.62. The van der Waals surface area contributed by atoms with Gasteiger partial charge >= 0.3 is 0 Å². The van der Waals surface area contributed by atoms with E-state index < -0.39 is 18.0 Å². The highest BCUT2D eigenvalue weighted by Gasteiger charge is 2.45. The molecule has 41 heavy (non-hydrogen) atoms. The zero-order valence-electron chi connectivity index (χ0n) is 22.5. The molecular weight excluding hydrogens is 527 g/mol. The molecule has 212 valence electrons.